The first-order valence-electron chi connectivity index (χ1n) is 11.0. The third-order valence-electron chi connectivity index (χ3n) is 5.43. The van der Waals surface area contributed by atoms with Crippen molar-refractivity contribution >= 4 is 17.4 Å². The van der Waals surface area contributed by atoms with Crippen LogP contribution in [0.25, 0.3) is 5.76 Å². The van der Waals surface area contributed by atoms with E-state index in [9.17, 15) is 14.7 Å². The van der Waals surface area contributed by atoms with Crippen molar-refractivity contribution in [1.29, 1.82) is 0 Å². The van der Waals surface area contributed by atoms with Gasteiger partial charge >= 0.3 is 0 Å². The fraction of sp³-hybridized carbons (Fsp3) is 0.400. The van der Waals surface area contributed by atoms with Crippen LogP contribution in [0.4, 0.5) is 0 Å². The van der Waals surface area contributed by atoms with Crippen molar-refractivity contribution < 1.29 is 24.2 Å². The molecule has 1 aliphatic heterocycles. The van der Waals surface area contributed by atoms with Gasteiger partial charge in [-0.2, -0.15) is 0 Å². The van der Waals surface area contributed by atoms with Crippen molar-refractivity contribution in [3.05, 3.63) is 65.5 Å². The lowest BCUT2D eigenvalue weighted by atomic mass is 9.96. The smallest absolute Gasteiger partial charge is 0.295 e. The topological polar surface area (TPSA) is 89.0 Å². The average Bonchev–Trinajstić information content (AvgIpc) is 3.07. The van der Waals surface area contributed by atoms with Crippen molar-refractivity contribution in [1.82, 2.24) is 9.88 Å². The molecule has 1 aromatic heterocycles. The molecule has 1 N–H and O–H groups in total. The molecule has 1 atom stereocenters. The molecule has 32 heavy (non-hydrogen) atoms. The number of aromatic nitrogens is 1. The molecule has 2 heterocycles. The Kier molecular flexibility index (Phi) is 8.39. The first-order chi connectivity index (χ1) is 15.6. The Morgan fingerprint density at radius 3 is 2.53 bits per heavy atom. The molecule has 170 valence electrons. The maximum Gasteiger partial charge on any atom is 0.295 e. The number of ketones is 1. The molecule has 1 aromatic carbocycles. The number of pyridine rings is 1. The minimum absolute atomic E-state index is 0.0667. The van der Waals surface area contributed by atoms with Gasteiger partial charge in [-0.15, -0.1) is 0 Å². The number of Topliss-reactive ketones (excluding diaryl/α,β-unsaturated/α-hetero) is 1. The van der Waals surface area contributed by atoms with Crippen LogP contribution < -0.4 is 4.74 Å². The fourth-order valence-corrected chi connectivity index (χ4v) is 3.78. The summed E-state index contributed by atoms with van der Waals surface area (Å²) in [5.41, 5.74) is 1.19. The first kappa shape index (κ1) is 23.5. The normalized spacial score (nSPS) is 17.7. The molecule has 1 saturated heterocycles. The van der Waals surface area contributed by atoms with Gasteiger partial charge in [-0.3, -0.25) is 14.6 Å². The van der Waals surface area contributed by atoms with Gasteiger partial charge < -0.3 is 19.5 Å². The molecule has 1 aliphatic rings. The minimum atomic E-state index is -0.703. The third-order valence-corrected chi connectivity index (χ3v) is 5.43. The summed E-state index contributed by atoms with van der Waals surface area (Å²) in [5, 5.41) is 11.1. The van der Waals surface area contributed by atoms with Crippen molar-refractivity contribution in [2.24, 2.45) is 0 Å². The SMILES string of the molecule is CCCCCOc1ccc(/C(O)=C2/C(=O)C(=O)N(CCCOC)C2c2cccnc2)cc1. The number of unbranched alkanes of at least 4 members (excludes halogenated alkanes) is 2. The molecular formula is C25H30N2O5. The monoisotopic (exact) mass is 438 g/mol. The zero-order chi connectivity index (χ0) is 22.9. The second-order valence-corrected chi connectivity index (χ2v) is 7.71. The van der Waals surface area contributed by atoms with Gasteiger partial charge in [0.25, 0.3) is 11.7 Å². The second kappa shape index (κ2) is 11.4. The summed E-state index contributed by atoms with van der Waals surface area (Å²) in [6.45, 7) is 3.56. The highest BCUT2D eigenvalue weighted by molar-refractivity contribution is 6.46. The van der Waals surface area contributed by atoms with Crippen LogP contribution in [0.15, 0.2) is 54.4 Å². The van der Waals surface area contributed by atoms with E-state index < -0.39 is 17.7 Å². The summed E-state index contributed by atoms with van der Waals surface area (Å²) < 4.78 is 10.8. The average molecular weight is 439 g/mol. The van der Waals surface area contributed by atoms with E-state index in [1.807, 2.05) is 0 Å². The maximum atomic E-state index is 12.9. The quantitative estimate of drug-likeness (QED) is 0.246. The van der Waals surface area contributed by atoms with Gasteiger partial charge in [-0.25, -0.2) is 0 Å². The second-order valence-electron chi connectivity index (χ2n) is 7.71. The standard InChI is InChI=1S/C25H30N2O5/c1-3-4-5-16-32-20-11-9-18(10-12-20)23(28)21-22(19-8-6-13-26-17-19)27(14-7-15-31-2)25(30)24(21)29/h6,8-13,17,22,28H,3-5,7,14-16H2,1-2H3/b23-21-. The van der Waals surface area contributed by atoms with Gasteiger partial charge in [0.1, 0.15) is 11.5 Å². The van der Waals surface area contributed by atoms with E-state index in [-0.39, 0.29) is 11.3 Å². The summed E-state index contributed by atoms with van der Waals surface area (Å²) in [4.78, 5) is 31.4. The number of rotatable bonds is 11. The Balaban J connectivity index is 1.91. The first-order valence-corrected chi connectivity index (χ1v) is 11.0. The molecule has 1 amide bonds. The van der Waals surface area contributed by atoms with Gasteiger partial charge in [0.15, 0.2) is 0 Å². The number of aliphatic hydroxyl groups excluding tert-OH is 1. The van der Waals surface area contributed by atoms with Crippen LogP contribution in [0.1, 0.15) is 49.8 Å². The number of aliphatic hydroxyl groups is 1. The van der Waals surface area contributed by atoms with Crippen molar-refractivity contribution in [3.63, 3.8) is 0 Å². The molecule has 1 fully saturated rings. The maximum absolute atomic E-state index is 12.9. The van der Waals surface area contributed by atoms with E-state index in [1.54, 1.807) is 55.9 Å². The highest BCUT2D eigenvalue weighted by atomic mass is 16.5. The molecule has 3 rings (SSSR count). The fourth-order valence-electron chi connectivity index (χ4n) is 3.78. The Bertz CT molecular complexity index is 941. The van der Waals surface area contributed by atoms with E-state index in [2.05, 4.69) is 11.9 Å². The lowest BCUT2D eigenvalue weighted by Gasteiger charge is -2.25. The predicted molar refractivity (Wildman–Crippen MR) is 121 cm³/mol. The summed E-state index contributed by atoms with van der Waals surface area (Å²) in [7, 11) is 1.59. The number of likely N-dealkylation sites (tertiary alicyclic amines) is 1. The van der Waals surface area contributed by atoms with Crippen LogP contribution in [0.2, 0.25) is 0 Å². The van der Waals surface area contributed by atoms with Gasteiger partial charge in [0, 0.05) is 38.2 Å². The minimum Gasteiger partial charge on any atom is -0.507 e. The number of nitrogens with zero attached hydrogens (tertiary/aromatic N) is 2. The highest BCUT2D eigenvalue weighted by Gasteiger charge is 2.45. The Morgan fingerprint density at radius 2 is 1.88 bits per heavy atom. The van der Waals surface area contributed by atoms with Crippen LogP contribution >= 0.6 is 0 Å². The number of hydrogen-bond donors (Lipinski definition) is 1. The lowest BCUT2D eigenvalue weighted by Crippen LogP contribution is -2.31. The van der Waals surface area contributed by atoms with E-state index in [1.165, 1.54) is 4.90 Å². The Labute approximate surface area is 188 Å². The predicted octanol–water partition coefficient (Wildman–Crippen LogP) is 4.11. The van der Waals surface area contributed by atoms with Gasteiger partial charge in [-0.05, 0) is 48.7 Å². The molecule has 0 radical (unpaired) electrons. The van der Waals surface area contributed by atoms with Gasteiger partial charge in [0.2, 0.25) is 0 Å². The molecule has 2 aromatic rings. The third kappa shape index (κ3) is 5.34. The lowest BCUT2D eigenvalue weighted by molar-refractivity contribution is -0.140. The van der Waals surface area contributed by atoms with Crippen LogP contribution in [-0.4, -0.2) is 53.5 Å². The number of amides is 1. The molecule has 0 bridgehead atoms. The number of hydrogen-bond acceptors (Lipinski definition) is 6. The zero-order valence-electron chi connectivity index (χ0n) is 18.6. The zero-order valence-corrected chi connectivity index (χ0v) is 18.6. The summed E-state index contributed by atoms with van der Waals surface area (Å²) in [6, 6.07) is 9.75. The van der Waals surface area contributed by atoms with E-state index in [0.29, 0.717) is 43.1 Å². The van der Waals surface area contributed by atoms with Crippen LogP contribution in [0.3, 0.4) is 0 Å². The number of carbonyl (C=O) groups excluding carboxylic acids is 2. The number of methoxy groups -OCH3 is 1. The van der Waals surface area contributed by atoms with Crippen LogP contribution in [-0.2, 0) is 14.3 Å². The molecule has 7 heteroatoms. The van der Waals surface area contributed by atoms with E-state index in [4.69, 9.17) is 9.47 Å². The van der Waals surface area contributed by atoms with Crippen molar-refractivity contribution in [2.45, 2.75) is 38.6 Å². The van der Waals surface area contributed by atoms with Crippen molar-refractivity contribution in [2.75, 3.05) is 26.9 Å². The largest absolute Gasteiger partial charge is 0.507 e. The highest BCUT2D eigenvalue weighted by Crippen LogP contribution is 2.39. The molecule has 0 aliphatic carbocycles. The molecule has 0 saturated carbocycles. The van der Waals surface area contributed by atoms with Gasteiger partial charge in [0.05, 0.1) is 18.2 Å². The van der Waals surface area contributed by atoms with Gasteiger partial charge in [-0.1, -0.05) is 25.8 Å². The van der Waals surface area contributed by atoms with Crippen LogP contribution in [0.5, 0.6) is 5.75 Å². The Hall–Kier alpha value is -3.19. The number of ether oxygens (including phenoxy) is 2. The van der Waals surface area contributed by atoms with Crippen molar-refractivity contribution in [3.8, 4) is 5.75 Å². The summed E-state index contributed by atoms with van der Waals surface area (Å²) in [5.74, 6) is -0.841. The molecule has 0 spiro atoms. The van der Waals surface area contributed by atoms with E-state index >= 15 is 0 Å². The molecule has 7 nitrogen and oxygen atoms in total. The summed E-state index contributed by atoms with van der Waals surface area (Å²) >= 11 is 0. The number of carbonyl (C=O) groups is 2. The number of benzene rings is 1. The Morgan fingerprint density at radius 1 is 1.09 bits per heavy atom. The molecular weight excluding hydrogens is 408 g/mol. The van der Waals surface area contributed by atoms with Crippen LogP contribution in [0, 0.1) is 0 Å². The molecule has 1 unspecified atom stereocenters. The summed E-state index contributed by atoms with van der Waals surface area (Å²) in [6.07, 6.45) is 7.02. The van der Waals surface area contributed by atoms with E-state index in [0.717, 1.165) is 19.3 Å².